The highest BCUT2D eigenvalue weighted by Gasteiger charge is 2.05. The number of carbonyl (C=O) groups is 1. The van der Waals surface area contributed by atoms with Gasteiger partial charge in [0.25, 0.3) is 5.91 Å². The number of carbonyl (C=O) groups excluding carboxylic acids is 1. The van der Waals surface area contributed by atoms with Crippen molar-refractivity contribution in [3.63, 3.8) is 0 Å². The van der Waals surface area contributed by atoms with Gasteiger partial charge in [-0.1, -0.05) is 23.7 Å². The number of hydrazone groups is 1. The van der Waals surface area contributed by atoms with Gasteiger partial charge in [0.2, 0.25) is 0 Å². The lowest BCUT2D eigenvalue weighted by molar-refractivity contribution is -0.123. The van der Waals surface area contributed by atoms with Crippen molar-refractivity contribution in [2.75, 3.05) is 20.3 Å². The van der Waals surface area contributed by atoms with E-state index in [0.717, 1.165) is 5.56 Å². The van der Waals surface area contributed by atoms with Gasteiger partial charge in [0, 0.05) is 0 Å². The monoisotopic (exact) mass is 362 g/mol. The fraction of sp³-hybridized carbons (Fsp3) is 0.222. The smallest absolute Gasteiger partial charge is 0.277 e. The van der Waals surface area contributed by atoms with E-state index >= 15 is 0 Å². The standard InChI is InChI=1S/C18H19ClN2O4/c1-3-24-16-9-8-13(10-17(16)23-2)11-20-21-18(22)12-25-15-7-5-4-6-14(15)19/h4-11H,3,12H2,1-2H3,(H,21,22)/b20-11-. The molecule has 2 aromatic rings. The van der Waals surface area contributed by atoms with E-state index in [4.69, 9.17) is 25.8 Å². The van der Waals surface area contributed by atoms with Gasteiger partial charge in [0.1, 0.15) is 5.75 Å². The zero-order valence-electron chi connectivity index (χ0n) is 14.0. The van der Waals surface area contributed by atoms with Crippen LogP contribution >= 0.6 is 11.6 Å². The van der Waals surface area contributed by atoms with Crippen LogP contribution in [0.15, 0.2) is 47.6 Å². The number of halogens is 1. The number of nitrogens with zero attached hydrogens (tertiary/aromatic N) is 1. The molecule has 0 aliphatic rings. The second kappa shape index (κ2) is 9.54. The number of para-hydroxylation sites is 1. The molecule has 0 aliphatic heterocycles. The first-order valence-electron chi connectivity index (χ1n) is 7.64. The predicted octanol–water partition coefficient (Wildman–Crippen LogP) is 3.28. The minimum absolute atomic E-state index is 0.187. The molecule has 2 aromatic carbocycles. The molecule has 0 fully saturated rings. The van der Waals surface area contributed by atoms with Crippen molar-refractivity contribution in [2.45, 2.75) is 6.92 Å². The molecule has 6 nitrogen and oxygen atoms in total. The molecule has 0 unspecified atom stereocenters. The molecule has 0 aliphatic carbocycles. The number of hydrogen-bond donors (Lipinski definition) is 1. The molecular formula is C18H19ClN2O4. The Balaban J connectivity index is 1.87. The maximum Gasteiger partial charge on any atom is 0.277 e. The SMILES string of the molecule is CCOc1ccc(/C=N\NC(=O)COc2ccccc2Cl)cc1OC. The highest BCUT2D eigenvalue weighted by molar-refractivity contribution is 6.32. The second-order valence-electron chi connectivity index (χ2n) is 4.86. The van der Waals surface area contributed by atoms with Gasteiger partial charge >= 0.3 is 0 Å². The summed E-state index contributed by atoms with van der Waals surface area (Å²) >= 11 is 5.95. The van der Waals surface area contributed by atoms with Crippen LogP contribution in [0, 0.1) is 0 Å². The van der Waals surface area contributed by atoms with Crippen molar-refractivity contribution in [2.24, 2.45) is 5.10 Å². The molecule has 1 N–H and O–H groups in total. The van der Waals surface area contributed by atoms with Gasteiger partial charge in [-0.05, 0) is 42.8 Å². The first-order chi connectivity index (χ1) is 12.1. The summed E-state index contributed by atoms with van der Waals surface area (Å²) in [4.78, 5) is 11.7. The number of amides is 1. The Morgan fingerprint density at radius 1 is 1.16 bits per heavy atom. The Morgan fingerprint density at radius 3 is 2.68 bits per heavy atom. The van der Waals surface area contributed by atoms with Crippen LogP contribution in [0.4, 0.5) is 0 Å². The van der Waals surface area contributed by atoms with Gasteiger partial charge in [-0.3, -0.25) is 4.79 Å². The third kappa shape index (κ3) is 5.69. The van der Waals surface area contributed by atoms with Crippen LogP contribution in [0.1, 0.15) is 12.5 Å². The average Bonchev–Trinajstić information content (AvgIpc) is 2.62. The van der Waals surface area contributed by atoms with Gasteiger partial charge in [-0.2, -0.15) is 5.10 Å². The topological polar surface area (TPSA) is 69.2 Å². The third-order valence-corrected chi connectivity index (χ3v) is 3.40. The first kappa shape index (κ1) is 18.6. The summed E-state index contributed by atoms with van der Waals surface area (Å²) in [7, 11) is 1.56. The van der Waals surface area contributed by atoms with Crippen molar-refractivity contribution in [1.29, 1.82) is 0 Å². The van der Waals surface area contributed by atoms with E-state index < -0.39 is 5.91 Å². The Kier molecular flexibility index (Phi) is 7.10. The summed E-state index contributed by atoms with van der Waals surface area (Å²) < 4.78 is 16.0. The molecule has 0 bridgehead atoms. The van der Waals surface area contributed by atoms with Crippen molar-refractivity contribution >= 4 is 23.7 Å². The van der Waals surface area contributed by atoms with E-state index in [1.807, 2.05) is 13.0 Å². The maximum atomic E-state index is 11.7. The summed E-state index contributed by atoms with van der Waals surface area (Å²) in [5, 5.41) is 4.34. The van der Waals surface area contributed by atoms with Crippen LogP contribution in [0.3, 0.4) is 0 Å². The molecule has 25 heavy (non-hydrogen) atoms. The van der Waals surface area contributed by atoms with Crippen molar-refractivity contribution in [1.82, 2.24) is 5.43 Å². The molecule has 1 amide bonds. The lowest BCUT2D eigenvalue weighted by Gasteiger charge is -2.09. The van der Waals surface area contributed by atoms with E-state index in [2.05, 4.69) is 10.5 Å². The van der Waals surface area contributed by atoms with E-state index in [1.54, 1.807) is 43.5 Å². The van der Waals surface area contributed by atoms with Crippen molar-refractivity contribution in [3.05, 3.63) is 53.1 Å². The summed E-state index contributed by atoms with van der Waals surface area (Å²) in [6.07, 6.45) is 1.51. The van der Waals surface area contributed by atoms with E-state index in [-0.39, 0.29) is 6.61 Å². The van der Waals surface area contributed by atoms with Crippen LogP contribution in [-0.4, -0.2) is 32.4 Å². The van der Waals surface area contributed by atoms with Gasteiger partial charge in [-0.25, -0.2) is 5.43 Å². The molecule has 132 valence electrons. The number of methoxy groups -OCH3 is 1. The minimum Gasteiger partial charge on any atom is -0.493 e. The normalized spacial score (nSPS) is 10.5. The zero-order chi connectivity index (χ0) is 18.1. The van der Waals surface area contributed by atoms with E-state index in [9.17, 15) is 4.79 Å². The first-order valence-corrected chi connectivity index (χ1v) is 8.02. The van der Waals surface area contributed by atoms with Crippen LogP contribution < -0.4 is 19.6 Å². The number of nitrogens with one attached hydrogen (secondary N) is 1. The highest BCUT2D eigenvalue weighted by atomic mass is 35.5. The molecule has 0 atom stereocenters. The largest absolute Gasteiger partial charge is 0.493 e. The summed E-state index contributed by atoms with van der Waals surface area (Å²) in [6, 6.07) is 12.3. The van der Waals surface area contributed by atoms with Crippen LogP contribution in [0.2, 0.25) is 5.02 Å². The molecule has 0 radical (unpaired) electrons. The van der Waals surface area contributed by atoms with Crippen molar-refractivity contribution < 1.29 is 19.0 Å². The Hall–Kier alpha value is -2.73. The molecule has 2 rings (SSSR count). The van der Waals surface area contributed by atoms with Crippen LogP contribution in [0.5, 0.6) is 17.2 Å². The van der Waals surface area contributed by atoms with E-state index in [0.29, 0.717) is 28.9 Å². The summed E-state index contributed by atoms with van der Waals surface area (Å²) in [5.74, 6) is 1.30. The Bertz CT molecular complexity index is 750. The second-order valence-corrected chi connectivity index (χ2v) is 5.26. The molecular weight excluding hydrogens is 344 g/mol. The van der Waals surface area contributed by atoms with Gasteiger partial charge in [0.05, 0.1) is 25.0 Å². The fourth-order valence-electron chi connectivity index (χ4n) is 1.96. The van der Waals surface area contributed by atoms with Gasteiger partial charge in [0.15, 0.2) is 18.1 Å². The zero-order valence-corrected chi connectivity index (χ0v) is 14.7. The quantitative estimate of drug-likeness (QED) is 0.578. The van der Waals surface area contributed by atoms with Crippen molar-refractivity contribution in [3.8, 4) is 17.2 Å². The average molecular weight is 363 g/mol. The number of ether oxygens (including phenoxy) is 3. The minimum atomic E-state index is -0.394. The van der Waals surface area contributed by atoms with Gasteiger partial charge in [-0.15, -0.1) is 0 Å². The van der Waals surface area contributed by atoms with Crippen LogP contribution in [0.25, 0.3) is 0 Å². The summed E-state index contributed by atoms with van der Waals surface area (Å²) in [5.41, 5.74) is 3.15. The molecule has 0 heterocycles. The lowest BCUT2D eigenvalue weighted by atomic mass is 10.2. The molecule has 0 spiro atoms. The number of rotatable bonds is 8. The predicted molar refractivity (Wildman–Crippen MR) is 96.8 cm³/mol. The van der Waals surface area contributed by atoms with Crippen LogP contribution in [-0.2, 0) is 4.79 Å². The molecule has 7 heteroatoms. The fourth-order valence-corrected chi connectivity index (χ4v) is 2.15. The molecule has 0 saturated carbocycles. The maximum absolute atomic E-state index is 11.7. The molecule has 0 aromatic heterocycles. The highest BCUT2D eigenvalue weighted by Crippen LogP contribution is 2.27. The Morgan fingerprint density at radius 2 is 1.96 bits per heavy atom. The third-order valence-electron chi connectivity index (χ3n) is 3.09. The lowest BCUT2D eigenvalue weighted by Crippen LogP contribution is -2.24. The molecule has 0 saturated heterocycles. The number of benzene rings is 2. The number of hydrogen-bond acceptors (Lipinski definition) is 5. The summed E-state index contributed by atoms with van der Waals surface area (Å²) in [6.45, 7) is 2.26. The van der Waals surface area contributed by atoms with Gasteiger partial charge < -0.3 is 14.2 Å². The Labute approximate surface area is 151 Å². The van der Waals surface area contributed by atoms with E-state index in [1.165, 1.54) is 6.21 Å².